The van der Waals surface area contributed by atoms with E-state index >= 15 is 0 Å². The number of nitrogens with two attached hydrogens (primary N) is 1. The number of methoxy groups -OCH3 is 1. The molecule has 0 saturated carbocycles. The van der Waals surface area contributed by atoms with Gasteiger partial charge in [-0.2, -0.15) is 0 Å². The summed E-state index contributed by atoms with van der Waals surface area (Å²) in [5, 5.41) is 0. The molecule has 0 fully saturated rings. The number of amides is 1. The standard InChI is InChI=1S/C16H26N2O2/c1-3-4-5-10-16(19)18(12-7-11-17)14-8-6-9-15(13-14)20-2/h6,8-9,13H,3-5,7,10-12,17H2,1-2H3. The van der Waals surface area contributed by atoms with Crippen LogP contribution in [0.1, 0.15) is 39.0 Å². The average molecular weight is 278 g/mol. The Hall–Kier alpha value is -1.55. The van der Waals surface area contributed by atoms with Gasteiger partial charge in [-0.05, 0) is 31.5 Å². The zero-order valence-corrected chi connectivity index (χ0v) is 12.6. The van der Waals surface area contributed by atoms with Gasteiger partial charge in [-0.1, -0.05) is 25.8 Å². The van der Waals surface area contributed by atoms with Gasteiger partial charge in [0.15, 0.2) is 0 Å². The molecule has 0 aliphatic heterocycles. The Labute approximate surface area is 121 Å². The summed E-state index contributed by atoms with van der Waals surface area (Å²) in [6.45, 7) is 3.38. The molecule has 0 bridgehead atoms. The van der Waals surface area contributed by atoms with Crippen LogP contribution in [-0.2, 0) is 4.79 Å². The van der Waals surface area contributed by atoms with Gasteiger partial charge in [0, 0.05) is 24.7 Å². The molecule has 0 radical (unpaired) electrons. The number of rotatable bonds is 9. The van der Waals surface area contributed by atoms with Crippen LogP contribution in [0.2, 0.25) is 0 Å². The lowest BCUT2D eigenvalue weighted by molar-refractivity contribution is -0.118. The quantitative estimate of drug-likeness (QED) is 0.707. The number of anilines is 1. The molecule has 1 aromatic carbocycles. The lowest BCUT2D eigenvalue weighted by atomic mass is 10.1. The highest BCUT2D eigenvalue weighted by Crippen LogP contribution is 2.22. The van der Waals surface area contributed by atoms with Crippen molar-refractivity contribution in [1.29, 1.82) is 0 Å². The van der Waals surface area contributed by atoms with Crippen LogP contribution in [0.25, 0.3) is 0 Å². The summed E-state index contributed by atoms with van der Waals surface area (Å²) in [5.74, 6) is 0.932. The summed E-state index contributed by atoms with van der Waals surface area (Å²) >= 11 is 0. The van der Waals surface area contributed by atoms with E-state index in [0.717, 1.165) is 37.1 Å². The van der Waals surface area contributed by atoms with Gasteiger partial charge in [-0.15, -0.1) is 0 Å². The van der Waals surface area contributed by atoms with E-state index in [2.05, 4.69) is 6.92 Å². The SMILES string of the molecule is CCCCCC(=O)N(CCCN)c1cccc(OC)c1. The minimum atomic E-state index is 0.167. The van der Waals surface area contributed by atoms with E-state index in [-0.39, 0.29) is 5.91 Å². The number of ether oxygens (including phenoxy) is 1. The lowest BCUT2D eigenvalue weighted by Gasteiger charge is -2.23. The van der Waals surface area contributed by atoms with Crippen LogP contribution in [-0.4, -0.2) is 26.1 Å². The third-order valence-electron chi connectivity index (χ3n) is 3.25. The van der Waals surface area contributed by atoms with Crippen molar-refractivity contribution in [1.82, 2.24) is 0 Å². The van der Waals surface area contributed by atoms with Crippen molar-refractivity contribution >= 4 is 11.6 Å². The van der Waals surface area contributed by atoms with Crippen LogP contribution < -0.4 is 15.4 Å². The van der Waals surface area contributed by atoms with Gasteiger partial charge in [0.2, 0.25) is 5.91 Å². The molecule has 0 saturated heterocycles. The molecule has 4 heteroatoms. The van der Waals surface area contributed by atoms with E-state index in [9.17, 15) is 4.79 Å². The Morgan fingerprint density at radius 2 is 2.10 bits per heavy atom. The zero-order valence-electron chi connectivity index (χ0n) is 12.6. The average Bonchev–Trinajstić information content (AvgIpc) is 2.48. The van der Waals surface area contributed by atoms with Gasteiger partial charge in [0.1, 0.15) is 5.75 Å². The van der Waals surface area contributed by atoms with Crippen LogP contribution in [0, 0.1) is 0 Å². The molecule has 1 amide bonds. The summed E-state index contributed by atoms with van der Waals surface area (Å²) in [6, 6.07) is 7.63. The van der Waals surface area contributed by atoms with Gasteiger partial charge >= 0.3 is 0 Å². The monoisotopic (exact) mass is 278 g/mol. The molecular formula is C16H26N2O2. The molecular weight excluding hydrogens is 252 g/mol. The maximum absolute atomic E-state index is 12.4. The predicted octanol–water partition coefficient (Wildman–Crippen LogP) is 2.96. The second-order valence-electron chi connectivity index (χ2n) is 4.85. The van der Waals surface area contributed by atoms with Gasteiger partial charge in [-0.25, -0.2) is 0 Å². The molecule has 0 aliphatic carbocycles. The first-order valence-corrected chi connectivity index (χ1v) is 7.37. The number of carbonyl (C=O) groups is 1. The molecule has 0 atom stereocenters. The van der Waals surface area contributed by atoms with E-state index in [1.165, 1.54) is 0 Å². The van der Waals surface area contributed by atoms with Crippen molar-refractivity contribution < 1.29 is 9.53 Å². The lowest BCUT2D eigenvalue weighted by Crippen LogP contribution is -2.32. The van der Waals surface area contributed by atoms with Crippen molar-refractivity contribution in [3.05, 3.63) is 24.3 Å². The number of unbranched alkanes of at least 4 members (excludes halogenated alkanes) is 2. The van der Waals surface area contributed by atoms with Crippen molar-refractivity contribution in [2.45, 2.75) is 39.0 Å². The highest BCUT2D eigenvalue weighted by Gasteiger charge is 2.15. The Balaban J connectivity index is 2.78. The first kappa shape index (κ1) is 16.5. The fourth-order valence-electron chi connectivity index (χ4n) is 2.09. The second kappa shape index (κ2) is 9.37. The third-order valence-corrected chi connectivity index (χ3v) is 3.25. The molecule has 0 unspecified atom stereocenters. The molecule has 0 spiro atoms. The summed E-state index contributed by atoms with van der Waals surface area (Å²) in [5.41, 5.74) is 6.46. The van der Waals surface area contributed by atoms with E-state index in [1.54, 1.807) is 7.11 Å². The highest BCUT2D eigenvalue weighted by atomic mass is 16.5. The van der Waals surface area contributed by atoms with Crippen molar-refractivity contribution in [3.63, 3.8) is 0 Å². The maximum Gasteiger partial charge on any atom is 0.226 e. The Kier molecular flexibility index (Phi) is 7.73. The van der Waals surface area contributed by atoms with Crippen LogP contribution in [0.4, 0.5) is 5.69 Å². The maximum atomic E-state index is 12.4. The van der Waals surface area contributed by atoms with E-state index in [1.807, 2.05) is 29.2 Å². The van der Waals surface area contributed by atoms with Crippen molar-refractivity contribution in [3.8, 4) is 5.75 Å². The van der Waals surface area contributed by atoms with Gasteiger partial charge in [0.25, 0.3) is 0 Å². The molecule has 0 aromatic heterocycles. The fourth-order valence-corrected chi connectivity index (χ4v) is 2.09. The molecule has 2 N–H and O–H groups in total. The Morgan fingerprint density at radius 1 is 1.30 bits per heavy atom. The number of hydrogen-bond donors (Lipinski definition) is 1. The molecule has 0 heterocycles. The van der Waals surface area contributed by atoms with Crippen molar-refractivity contribution in [2.24, 2.45) is 5.73 Å². The predicted molar refractivity (Wildman–Crippen MR) is 83.2 cm³/mol. The van der Waals surface area contributed by atoms with Gasteiger partial charge in [0.05, 0.1) is 7.11 Å². The Bertz CT molecular complexity index is 407. The summed E-state index contributed by atoms with van der Waals surface area (Å²) in [6.07, 6.45) is 4.55. The van der Waals surface area contributed by atoms with Crippen LogP contribution in [0.15, 0.2) is 24.3 Å². The molecule has 20 heavy (non-hydrogen) atoms. The molecule has 0 aliphatic rings. The normalized spacial score (nSPS) is 10.3. The number of benzene rings is 1. The minimum Gasteiger partial charge on any atom is -0.497 e. The molecule has 112 valence electrons. The van der Waals surface area contributed by atoms with Crippen LogP contribution in [0.3, 0.4) is 0 Å². The Morgan fingerprint density at radius 3 is 2.75 bits per heavy atom. The smallest absolute Gasteiger partial charge is 0.226 e. The molecule has 1 aromatic rings. The largest absolute Gasteiger partial charge is 0.497 e. The van der Waals surface area contributed by atoms with Crippen molar-refractivity contribution in [2.75, 3.05) is 25.1 Å². The number of hydrogen-bond acceptors (Lipinski definition) is 3. The topological polar surface area (TPSA) is 55.6 Å². The van der Waals surface area contributed by atoms with Crippen LogP contribution >= 0.6 is 0 Å². The number of nitrogens with zero attached hydrogens (tertiary/aromatic N) is 1. The fraction of sp³-hybridized carbons (Fsp3) is 0.562. The highest BCUT2D eigenvalue weighted by molar-refractivity contribution is 5.93. The summed E-state index contributed by atoms with van der Waals surface area (Å²) in [7, 11) is 1.63. The first-order valence-electron chi connectivity index (χ1n) is 7.37. The summed E-state index contributed by atoms with van der Waals surface area (Å²) in [4.78, 5) is 14.2. The summed E-state index contributed by atoms with van der Waals surface area (Å²) < 4.78 is 5.23. The molecule has 1 rings (SSSR count). The van der Waals surface area contributed by atoms with Gasteiger partial charge < -0.3 is 15.4 Å². The van der Waals surface area contributed by atoms with Gasteiger partial charge in [-0.3, -0.25) is 4.79 Å². The van der Waals surface area contributed by atoms with E-state index in [4.69, 9.17) is 10.5 Å². The third kappa shape index (κ3) is 5.21. The number of carbonyl (C=O) groups excluding carboxylic acids is 1. The van der Waals surface area contributed by atoms with Crippen LogP contribution in [0.5, 0.6) is 5.75 Å². The van der Waals surface area contributed by atoms with E-state index in [0.29, 0.717) is 19.5 Å². The first-order chi connectivity index (χ1) is 9.72. The molecule has 4 nitrogen and oxygen atoms in total. The zero-order chi connectivity index (χ0) is 14.8. The minimum absolute atomic E-state index is 0.167. The second-order valence-corrected chi connectivity index (χ2v) is 4.85. The van der Waals surface area contributed by atoms with E-state index < -0.39 is 0 Å².